The molecule has 19 heavy (non-hydrogen) atoms. The van der Waals surface area contributed by atoms with Gasteiger partial charge in [-0.25, -0.2) is 0 Å². The van der Waals surface area contributed by atoms with E-state index in [9.17, 15) is 16.8 Å². The summed E-state index contributed by atoms with van der Waals surface area (Å²) in [5, 5.41) is 18.1. The van der Waals surface area contributed by atoms with Crippen LogP contribution in [0.25, 0.3) is 0 Å². The summed E-state index contributed by atoms with van der Waals surface area (Å²) in [4.78, 5) is -2.20. The number of rotatable bonds is 2. The predicted octanol–water partition coefficient (Wildman–Crippen LogP) is -6.18. The van der Waals surface area contributed by atoms with Gasteiger partial charge >= 0.3 is 59.1 Å². The maximum atomic E-state index is 10.7. The van der Waals surface area contributed by atoms with Gasteiger partial charge in [0.1, 0.15) is 4.90 Å². The minimum atomic E-state index is -4.92. The fourth-order valence-electron chi connectivity index (χ4n) is 0.914. The van der Waals surface area contributed by atoms with E-state index in [1.165, 1.54) is 0 Å². The van der Waals surface area contributed by atoms with Crippen LogP contribution < -0.4 is 59.1 Å². The van der Waals surface area contributed by atoms with Crippen molar-refractivity contribution in [2.75, 3.05) is 0 Å². The van der Waals surface area contributed by atoms with Gasteiger partial charge in [0, 0.05) is 23.1 Å². The first-order chi connectivity index (χ1) is 7.03. The van der Waals surface area contributed by atoms with E-state index >= 15 is 0 Å². The molecule has 0 radical (unpaired) electrons. The summed E-state index contributed by atoms with van der Waals surface area (Å²) in [6, 6.07) is 0.735. The zero-order chi connectivity index (χ0) is 12.7. The van der Waals surface area contributed by atoms with Crippen LogP contribution in [0.3, 0.4) is 0 Å². The van der Waals surface area contributed by atoms with Gasteiger partial charge < -0.3 is 13.1 Å². The zero-order valence-corrected chi connectivity index (χ0v) is 16.5. The Hall–Kier alpha value is 1.16. The Labute approximate surface area is 167 Å². The minimum Gasteiger partial charge on any atom is -1.00 e. The SMILES string of the molecule is O=S(=O)(O)c1cc(O)c(O)c(S(=O)(=O)O)c1.[Fe].[H-].[H-].[Na+].[Na+]. The number of hydrogen-bond donors (Lipinski definition) is 4. The molecule has 4 N–H and O–H groups in total. The molecule has 0 aliphatic rings. The van der Waals surface area contributed by atoms with Crippen molar-refractivity contribution in [1.82, 2.24) is 0 Å². The Morgan fingerprint density at radius 1 is 0.895 bits per heavy atom. The van der Waals surface area contributed by atoms with Gasteiger partial charge in [-0.1, -0.05) is 0 Å². The van der Waals surface area contributed by atoms with Gasteiger partial charge in [0.25, 0.3) is 20.2 Å². The van der Waals surface area contributed by atoms with Crippen molar-refractivity contribution in [2.45, 2.75) is 9.79 Å². The third-order valence-electron chi connectivity index (χ3n) is 1.60. The number of benzene rings is 1. The first kappa shape index (κ1) is 25.1. The zero-order valence-electron chi connectivity index (χ0n) is 11.7. The fourth-order valence-corrected chi connectivity index (χ4v) is 2.14. The van der Waals surface area contributed by atoms with Gasteiger partial charge in [-0.05, 0) is 6.07 Å². The molecule has 0 unspecified atom stereocenters. The standard InChI is InChI=1S/C6H6O8S2.Fe.2Na.2H/c7-4-1-3(15(9,10)11)2-5(6(4)8)16(12,13)14;;;;;/h1-2,7-8H,(H,9,10,11)(H,12,13,14);;;;;/q;;2*+1;2*-1. The normalized spacial score (nSPS) is 10.6. The van der Waals surface area contributed by atoms with Crippen molar-refractivity contribution < 1.29 is 115 Å². The van der Waals surface area contributed by atoms with Crippen LogP contribution in [0.2, 0.25) is 0 Å². The van der Waals surface area contributed by atoms with Gasteiger partial charge in [-0.2, -0.15) is 16.8 Å². The third-order valence-corrected chi connectivity index (χ3v) is 3.30. The summed E-state index contributed by atoms with van der Waals surface area (Å²) >= 11 is 0. The summed E-state index contributed by atoms with van der Waals surface area (Å²) < 4.78 is 59.9. The second-order valence-corrected chi connectivity index (χ2v) is 5.55. The number of phenolic OH excluding ortho intramolecular Hbond substituents is 2. The quantitative estimate of drug-likeness (QED) is 0.227. The van der Waals surface area contributed by atoms with Crippen molar-refractivity contribution in [3.8, 4) is 11.5 Å². The van der Waals surface area contributed by atoms with Crippen LogP contribution in [-0.4, -0.2) is 36.2 Å². The summed E-state index contributed by atoms with van der Waals surface area (Å²) in [6.07, 6.45) is 0. The van der Waals surface area contributed by atoms with Crippen LogP contribution >= 0.6 is 0 Å². The average molecular weight is 374 g/mol. The van der Waals surface area contributed by atoms with Crippen molar-refractivity contribution in [2.24, 2.45) is 0 Å². The van der Waals surface area contributed by atoms with E-state index in [2.05, 4.69) is 0 Å². The summed E-state index contributed by atoms with van der Waals surface area (Å²) in [5.41, 5.74) is 0. The number of aromatic hydroxyl groups is 2. The molecule has 0 bridgehead atoms. The average Bonchev–Trinajstić information content (AvgIpc) is 2.05. The monoisotopic (exact) mass is 374 g/mol. The topological polar surface area (TPSA) is 149 Å². The molecule has 1 aromatic rings. The molecule has 1 rings (SSSR count). The van der Waals surface area contributed by atoms with Gasteiger partial charge in [0.15, 0.2) is 11.5 Å². The van der Waals surface area contributed by atoms with Crippen LogP contribution in [0.5, 0.6) is 11.5 Å². The first-order valence-corrected chi connectivity index (χ1v) is 6.42. The molecular formula is C6H8FeNa2O8S2. The molecule has 0 heterocycles. The molecule has 0 spiro atoms. The Bertz CT molecular complexity index is 651. The maximum Gasteiger partial charge on any atom is 1.00 e. The Morgan fingerprint density at radius 2 is 1.32 bits per heavy atom. The second-order valence-electron chi connectivity index (χ2n) is 2.74. The summed E-state index contributed by atoms with van der Waals surface area (Å²) in [7, 11) is -9.70. The van der Waals surface area contributed by atoms with Gasteiger partial charge in [-0.15, -0.1) is 0 Å². The molecule has 0 saturated heterocycles. The Morgan fingerprint density at radius 3 is 1.63 bits per heavy atom. The number of phenols is 2. The maximum absolute atomic E-state index is 10.7. The molecule has 0 aliphatic carbocycles. The van der Waals surface area contributed by atoms with Crippen LogP contribution in [-0.2, 0) is 37.3 Å². The molecule has 13 heteroatoms. The molecule has 0 fully saturated rings. The van der Waals surface area contributed by atoms with Gasteiger partial charge in [-0.3, -0.25) is 9.11 Å². The van der Waals surface area contributed by atoms with E-state index in [0.717, 1.165) is 0 Å². The predicted molar refractivity (Wildman–Crippen MR) is 51.6 cm³/mol. The van der Waals surface area contributed by atoms with E-state index < -0.39 is 41.5 Å². The smallest absolute Gasteiger partial charge is 1.00 e. The van der Waals surface area contributed by atoms with Crippen molar-refractivity contribution in [3.63, 3.8) is 0 Å². The van der Waals surface area contributed by atoms with Crippen LogP contribution in [0, 0.1) is 0 Å². The Kier molecular flexibility index (Phi) is 11.3. The number of hydrogen-bond acceptors (Lipinski definition) is 6. The molecule has 0 atom stereocenters. The van der Waals surface area contributed by atoms with Crippen molar-refractivity contribution in [3.05, 3.63) is 12.1 Å². The molecule has 102 valence electrons. The second kappa shape index (κ2) is 8.57. The van der Waals surface area contributed by atoms with Gasteiger partial charge in [0.2, 0.25) is 0 Å². The first-order valence-electron chi connectivity index (χ1n) is 3.54. The molecule has 8 nitrogen and oxygen atoms in total. The minimum absolute atomic E-state index is 0. The van der Waals surface area contributed by atoms with E-state index in [1.807, 2.05) is 0 Å². The van der Waals surface area contributed by atoms with Crippen LogP contribution in [0.15, 0.2) is 21.9 Å². The van der Waals surface area contributed by atoms with Gasteiger partial charge in [0.05, 0.1) is 4.90 Å². The van der Waals surface area contributed by atoms with E-state index in [0.29, 0.717) is 12.1 Å². The van der Waals surface area contributed by atoms with Crippen LogP contribution in [0.1, 0.15) is 2.85 Å². The summed E-state index contributed by atoms with van der Waals surface area (Å²) in [6.45, 7) is 0. The van der Waals surface area contributed by atoms with Crippen LogP contribution in [0.4, 0.5) is 0 Å². The third kappa shape index (κ3) is 6.63. The Balaban J connectivity index is -0.000000171. The fraction of sp³-hybridized carbons (Fsp3) is 0. The molecule has 0 amide bonds. The summed E-state index contributed by atoms with van der Waals surface area (Å²) in [5.74, 6) is -2.32. The molecule has 0 saturated carbocycles. The molecule has 0 aromatic heterocycles. The molecule has 0 aliphatic heterocycles. The van der Waals surface area contributed by atoms with E-state index in [1.54, 1.807) is 0 Å². The molecule has 1 aromatic carbocycles. The van der Waals surface area contributed by atoms with Crippen molar-refractivity contribution in [1.29, 1.82) is 0 Å². The largest absolute Gasteiger partial charge is 1.00 e. The molecular weight excluding hydrogens is 366 g/mol. The van der Waals surface area contributed by atoms with E-state index in [4.69, 9.17) is 19.3 Å². The van der Waals surface area contributed by atoms with E-state index in [-0.39, 0.29) is 79.0 Å². The van der Waals surface area contributed by atoms with Crippen molar-refractivity contribution >= 4 is 20.2 Å².